The number of aryl methyl sites for hydroxylation is 1. The van der Waals surface area contributed by atoms with Crippen molar-refractivity contribution in [3.8, 4) is 0 Å². The molecule has 1 N–H and O–H groups in total. The average molecular weight is 381 g/mol. The molecule has 0 unspecified atom stereocenters. The number of nitrogens with zero attached hydrogens (tertiary/aromatic N) is 2. The van der Waals surface area contributed by atoms with E-state index >= 15 is 0 Å². The molecule has 8 heteroatoms. The summed E-state index contributed by atoms with van der Waals surface area (Å²) in [6.07, 6.45) is 0. The Morgan fingerprint density at radius 2 is 1.88 bits per heavy atom. The molecule has 0 aliphatic carbocycles. The van der Waals surface area contributed by atoms with Crippen molar-refractivity contribution in [2.24, 2.45) is 0 Å². The number of hydrogen-bond acceptors (Lipinski definition) is 4. The maximum Gasteiger partial charge on any atom is 0.243 e. The Hall–Kier alpha value is -1.93. The molecule has 0 spiro atoms. The molecular weight excluding hydrogens is 354 g/mol. The normalized spacial score (nSPS) is 18.3. The Labute approximate surface area is 155 Å². The molecule has 1 saturated heterocycles. The van der Waals surface area contributed by atoms with Crippen molar-refractivity contribution in [1.82, 2.24) is 9.21 Å². The van der Waals surface area contributed by atoms with Crippen LogP contribution in [0.3, 0.4) is 0 Å². The van der Waals surface area contributed by atoms with E-state index in [9.17, 15) is 18.0 Å². The monoisotopic (exact) mass is 381 g/mol. The largest absolute Gasteiger partial charge is 0.333 e. The summed E-state index contributed by atoms with van der Waals surface area (Å²) >= 11 is 0. The third kappa shape index (κ3) is 3.91. The van der Waals surface area contributed by atoms with Crippen molar-refractivity contribution in [2.75, 3.05) is 18.4 Å². The van der Waals surface area contributed by atoms with E-state index in [2.05, 4.69) is 5.32 Å². The molecule has 7 nitrogen and oxygen atoms in total. The molecule has 1 fully saturated rings. The lowest BCUT2D eigenvalue weighted by molar-refractivity contribution is -0.144. The van der Waals surface area contributed by atoms with E-state index in [1.54, 1.807) is 24.0 Å². The number of benzene rings is 1. The third-order valence-corrected chi connectivity index (χ3v) is 6.37. The molecule has 1 aromatic rings. The molecule has 0 atom stereocenters. The number of anilines is 1. The Bertz CT molecular complexity index is 831. The highest BCUT2D eigenvalue weighted by atomic mass is 32.2. The van der Waals surface area contributed by atoms with Crippen LogP contribution in [0.5, 0.6) is 0 Å². The van der Waals surface area contributed by atoms with Gasteiger partial charge in [0.05, 0.1) is 17.0 Å². The smallest absolute Gasteiger partial charge is 0.243 e. The Morgan fingerprint density at radius 1 is 1.27 bits per heavy atom. The summed E-state index contributed by atoms with van der Waals surface area (Å²) in [6, 6.07) is 4.74. The van der Waals surface area contributed by atoms with E-state index in [4.69, 9.17) is 0 Å². The highest BCUT2D eigenvalue weighted by Crippen LogP contribution is 2.30. The van der Waals surface area contributed by atoms with Gasteiger partial charge in [-0.25, -0.2) is 8.42 Å². The van der Waals surface area contributed by atoms with Gasteiger partial charge in [-0.15, -0.1) is 0 Å². The fraction of sp³-hybridized carbons (Fsp3) is 0.556. The first-order valence-corrected chi connectivity index (χ1v) is 10.0. The van der Waals surface area contributed by atoms with E-state index in [-0.39, 0.29) is 35.8 Å². The standard InChI is InChI=1S/C18H27N3O4S/c1-12(2)21-17(23)10-20(11-18(21,5)6)26(24,25)16-9-15(19-14(4)22)8-7-13(16)3/h7-9,12H,10-11H2,1-6H3,(H,19,22). The van der Waals surface area contributed by atoms with Crippen molar-refractivity contribution in [3.05, 3.63) is 23.8 Å². The summed E-state index contributed by atoms with van der Waals surface area (Å²) in [7, 11) is -3.87. The van der Waals surface area contributed by atoms with Gasteiger partial charge < -0.3 is 10.2 Å². The van der Waals surface area contributed by atoms with Crippen LogP contribution >= 0.6 is 0 Å². The minimum Gasteiger partial charge on any atom is -0.333 e. The van der Waals surface area contributed by atoms with Crippen LogP contribution in [0.25, 0.3) is 0 Å². The number of nitrogens with one attached hydrogen (secondary N) is 1. The van der Waals surface area contributed by atoms with Gasteiger partial charge in [0.15, 0.2) is 0 Å². The number of carbonyl (C=O) groups excluding carboxylic acids is 2. The summed E-state index contributed by atoms with van der Waals surface area (Å²) in [5, 5.41) is 2.60. The van der Waals surface area contributed by atoms with Gasteiger partial charge in [-0.05, 0) is 52.3 Å². The fourth-order valence-electron chi connectivity index (χ4n) is 3.58. The van der Waals surface area contributed by atoms with Gasteiger partial charge in [0.2, 0.25) is 21.8 Å². The number of piperazine rings is 1. The average Bonchev–Trinajstić information content (AvgIpc) is 2.46. The van der Waals surface area contributed by atoms with Gasteiger partial charge in [0.25, 0.3) is 0 Å². The van der Waals surface area contributed by atoms with Crippen LogP contribution in [0.15, 0.2) is 23.1 Å². The predicted octanol–water partition coefficient (Wildman–Crippen LogP) is 1.97. The van der Waals surface area contributed by atoms with Crippen molar-refractivity contribution in [3.63, 3.8) is 0 Å². The zero-order chi connectivity index (χ0) is 19.9. The molecule has 0 bridgehead atoms. The highest BCUT2D eigenvalue weighted by molar-refractivity contribution is 7.89. The second-order valence-corrected chi connectivity index (χ2v) is 9.51. The van der Waals surface area contributed by atoms with Crippen LogP contribution in [0, 0.1) is 6.92 Å². The molecule has 1 aromatic carbocycles. The summed E-state index contributed by atoms with van der Waals surface area (Å²) in [6.45, 7) is 10.7. The van der Waals surface area contributed by atoms with Crippen LogP contribution in [0.2, 0.25) is 0 Å². The SMILES string of the molecule is CC(=O)Nc1ccc(C)c(S(=O)(=O)N2CC(=O)N(C(C)C)C(C)(C)C2)c1. The number of amides is 2. The minimum absolute atomic E-state index is 0.00724. The molecule has 0 aromatic heterocycles. The van der Waals surface area contributed by atoms with Gasteiger partial charge in [-0.1, -0.05) is 6.07 Å². The zero-order valence-electron chi connectivity index (χ0n) is 16.2. The quantitative estimate of drug-likeness (QED) is 0.864. The first-order valence-electron chi connectivity index (χ1n) is 8.57. The van der Waals surface area contributed by atoms with E-state index in [1.807, 2.05) is 27.7 Å². The van der Waals surface area contributed by atoms with Crippen LogP contribution in [-0.2, 0) is 19.6 Å². The van der Waals surface area contributed by atoms with Gasteiger partial charge in [0, 0.05) is 25.2 Å². The van der Waals surface area contributed by atoms with E-state index in [1.165, 1.54) is 17.3 Å². The van der Waals surface area contributed by atoms with E-state index in [0.29, 0.717) is 11.3 Å². The lowest BCUT2D eigenvalue weighted by Crippen LogP contribution is -2.64. The molecule has 2 rings (SSSR count). The maximum absolute atomic E-state index is 13.2. The molecule has 26 heavy (non-hydrogen) atoms. The van der Waals surface area contributed by atoms with Crippen molar-refractivity contribution in [1.29, 1.82) is 0 Å². The molecule has 1 aliphatic rings. The van der Waals surface area contributed by atoms with Crippen LogP contribution in [0.4, 0.5) is 5.69 Å². The van der Waals surface area contributed by atoms with Gasteiger partial charge in [-0.2, -0.15) is 4.31 Å². The van der Waals surface area contributed by atoms with Gasteiger partial charge >= 0.3 is 0 Å². The lowest BCUT2D eigenvalue weighted by Gasteiger charge is -2.48. The number of rotatable bonds is 4. The lowest BCUT2D eigenvalue weighted by atomic mass is 9.98. The molecule has 144 valence electrons. The maximum atomic E-state index is 13.2. The summed E-state index contributed by atoms with van der Waals surface area (Å²) in [5.74, 6) is -0.491. The minimum atomic E-state index is -3.87. The topological polar surface area (TPSA) is 86.8 Å². The van der Waals surface area contributed by atoms with Crippen molar-refractivity contribution < 1.29 is 18.0 Å². The predicted molar refractivity (Wildman–Crippen MR) is 100 cm³/mol. The van der Waals surface area contributed by atoms with Crippen molar-refractivity contribution in [2.45, 2.75) is 58.0 Å². The van der Waals surface area contributed by atoms with Crippen LogP contribution in [-0.4, -0.2) is 54.1 Å². The number of carbonyl (C=O) groups is 2. The van der Waals surface area contributed by atoms with Crippen molar-refractivity contribution >= 4 is 27.5 Å². The molecule has 1 aliphatic heterocycles. The highest BCUT2D eigenvalue weighted by Gasteiger charge is 2.44. The summed E-state index contributed by atoms with van der Waals surface area (Å²) in [5.41, 5.74) is 0.364. The van der Waals surface area contributed by atoms with Crippen LogP contribution < -0.4 is 5.32 Å². The summed E-state index contributed by atoms with van der Waals surface area (Å²) in [4.78, 5) is 25.7. The van der Waals surface area contributed by atoms with E-state index < -0.39 is 15.6 Å². The molecular formula is C18H27N3O4S. The molecule has 0 radical (unpaired) electrons. The summed E-state index contributed by atoms with van der Waals surface area (Å²) < 4.78 is 27.6. The second-order valence-electron chi connectivity index (χ2n) is 7.60. The van der Waals surface area contributed by atoms with E-state index in [0.717, 1.165) is 0 Å². The van der Waals surface area contributed by atoms with Gasteiger partial charge in [0.1, 0.15) is 0 Å². The molecule has 2 amide bonds. The molecule has 1 heterocycles. The molecule has 0 saturated carbocycles. The van der Waals surface area contributed by atoms with Gasteiger partial charge in [-0.3, -0.25) is 9.59 Å². The zero-order valence-corrected chi connectivity index (χ0v) is 17.0. The Morgan fingerprint density at radius 3 is 2.38 bits per heavy atom. The number of hydrogen-bond donors (Lipinski definition) is 1. The number of sulfonamides is 1. The third-order valence-electron chi connectivity index (χ3n) is 4.44. The first-order chi connectivity index (χ1) is 11.9. The Balaban J connectivity index is 2.42. The fourth-order valence-corrected chi connectivity index (χ4v) is 5.38. The Kier molecular flexibility index (Phi) is 5.49. The first kappa shape index (κ1) is 20.4. The second kappa shape index (κ2) is 7.00. The van der Waals surface area contributed by atoms with Crippen LogP contribution in [0.1, 0.15) is 40.2 Å².